The third-order valence-corrected chi connectivity index (χ3v) is 4.25. The number of para-hydroxylation sites is 1. The number of anilines is 2. The average Bonchev–Trinajstić information content (AvgIpc) is 2.61. The highest BCUT2D eigenvalue weighted by Gasteiger charge is 2.14. The molecule has 0 radical (unpaired) electrons. The van der Waals surface area contributed by atoms with Gasteiger partial charge in [0.25, 0.3) is 0 Å². The summed E-state index contributed by atoms with van der Waals surface area (Å²) >= 11 is 0. The van der Waals surface area contributed by atoms with Crippen molar-refractivity contribution in [1.29, 1.82) is 0 Å². The van der Waals surface area contributed by atoms with Crippen molar-refractivity contribution in [3.63, 3.8) is 0 Å². The Morgan fingerprint density at radius 1 is 0.962 bits per heavy atom. The van der Waals surface area contributed by atoms with Gasteiger partial charge in [-0.15, -0.1) is 0 Å². The Hall–Kier alpha value is -2.49. The molecule has 0 heterocycles. The van der Waals surface area contributed by atoms with E-state index in [9.17, 15) is 4.79 Å². The van der Waals surface area contributed by atoms with E-state index in [1.54, 1.807) is 0 Å². The number of amides is 1. The van der Waals surface area contributed by atoms with Crippen molar-refractivity contribution < 1.29 is 9.53 Å². The van der Waals surface area contributed by atoms with E-state index in [0.717, 1.165) is 17.1 Å². The summed E-state index contributed by atoms with van der Waals surface area (Å²) in [5, 5.41) is 6.28. The van der Waals surface area contributed by atoms with Gasteiger partial charge in [-0.25, -0.2) is 0 Å². The molecular formula is C22H30N2O2. The fourth-order valence-electron chi connectivity index (χ4n) is 2.93. The van der Waals surface area contributed by atoms with Crippen LogP contribution < -0.4 is 15.4 Å². The van der Waals surface area contributed by atoms with Crippen LogP contribution in [0.4, 0.5) is 11.4 Å². The normalized spacial score (nSPS) is 10.9. The Labute approximate surface area is 157 Å². The van der Waals surface area contributed by atoms with Crippen LogP contribution in [0, 0.1) is 0 Å². The maximum Gasteiger partial charge on any atom is 0.243 e. The first kappa shape index (κ1) is 19.8. The van der Waals surface area contributed by atoms with Crippen LogP contribution in [0.25, 0.3) is 0 Å². The monoisotopic (exact) mass is 354 g/mol. The van der Waals surface area contributed by atoms with Gasteiger partial charge in [0.2, 0.25) is 5.91 Å². The molecule has 0 bridgehead atoms. The van der Waals surface area contributed by atoms with Crippen molar-refractivity contribution in [2.24, 2.45) is 0 Å². The standard InChI is InChI=1S/C22H30N2O2/c1-6-26-18-12-10-17(11-13-18)24-21(25)14-23-22-19(15(2)3)8-7-9-20(22)16(4)5/h7-13,15-16,23H,6,14H2,1-5H3,(H,24,25). The number of carbonyl (C=O) groups excluding carboxylic acids is 1. The van der Waals surface area contributed by atoms with E-state index in [-0.39, 0.29) is 12.5 Å². The van der Waals surface area contributed by atoms with Crippen molar-refractivity contribution in [2.45, 2.75) is 46.5 Å². The van der Waals surface area contributed by atoms with Crippen molar-refractivity contribution >= 4 is 17.3 Å². The van der Waals surface area contributed by atoms with Gasteiger partial charge in [-0.05, 0) is 54.2 Å². The fraction of sp³-hybridized carbons (Fsp3) is 0.409. The molecule has 0 aliphatic rings. The minimum Gasteiger partial charge on any atom is -0.494 e. The molecule has 0 fully saturated rings. The Bertz CT molecular complexity index is 695. The minimum atomic E-state index is -0.0672. The summed E-state index contributed by atoms with van der Waals surface area (Å²) in [7, 11) is 0. The molecule has 1 amide bonds. The van der Waals surface area contributed by atoms with Gasteiger partial charge in [-0.1, -0.05) is 45.9 Å². The van der Waals surface area contributed by atoms with Crippen LogP contribution in [0.3, 0.4) is 0 Å². The summed E-state index contributed by atoms with van der Waals surface area (Å²) in [6, 6.07) is 13.8. The third kappa shape index (κ3) is 5.25. The highest BCUT2D eigenvalue weighted by Crippen LogP contribution is 2.32. The second kappa shape index (κ2) is 9.27. The number of hydrogen-bond acceptors (Lipinski definition) is 3. The molecule has 2 rings (SSSR count). The molecule has 0 atom stereocenters. The number of ether oxygens (including phenoxy) is 1. The number of benzene rings is 2. The van der Waals surface area contributed by atoms with Crippen molar-refractivity contribution in [3.05, 3.63) is 53.6 Å². The summed E-state index contributed by atoms with van der Waals surface area (Å²) in [6.45, 7) is 11.5. The zero-order valence-electron chi connectivity index (χ0n) is 16.4. The van der Waals surface area contributed by atoms with Crippen LogP contribution in [0.1, 0.15) is 57.6 Å². The number of carbonyl (C=O) groups is 1. The van der Waals surface area contributed by atoms with E-state index in [0.29, 0.717) is 18.4 Å². The van der Waals surface area contributed by atoms with E-state index >= 15 is 0 Å². The Morgan fingerprint density at radius 3 is 2.04 bits per heavy atom. The van der Waals surface area contributed by atoms with Crippen LogP contribution in [0.2, 0.25) is 0 Å². The average molecular weight is 354 g/mol. The van der Waals surface area contributed by atoms with Crippen LogP contribution in [-0.2, 0) is 4.79 Å². The third-order valence-electron chi connectivity index (χ3n) is 4.25. The molecule has 2 aromatic rings. The molecular weight excluding hydrogens is 324 g/mol. The predicted octanol–water partition coefficient (Wildman–Crippen LogP) is 5.38. The lowest BCUT2D eigenvalue weighted by Crippen LogP contribution is -2.23. The summed E-state index contributed by atoms with van der Waals surface area (Å²) < 4.78 is 5.42. The van der Waals surface area contributed by atoms with E-state index in [2.05, 4.69) is 56.5 Å². The van der Waals surface area contributed by atoms with Crippen LogP contribution in [0.5, 0.6) is 5.75 Å². The smallest absolute Gasteiger partial charge is 0.243 e. The molecule has 26 heavy (non-hydrogen) atoms. The molecule has 2 N–H and O–H groups in total. The Balaban J connectivity index is 2.05. The molecule has 140 valence electrons. The van der Waals surface area contributed by atoms with Crippen LogP contribution in [-0.4, -0.2) is 19.1 Å². The first-order valence-electron chi connectivity index (χ1n) is 9.31. The molecule has 0 spiro atoms. The Kier molecular flexibility index (Phi) is 7.07. The zero-order chi connectivity index (χ0) is 19.1. The predicted molar refractivity (Wildman–Crippen MR) is 109 cm³/mol. The van der Waals surface area contributed by atoms with E-state index in [1.165, 1.54) is 11.1 Å². The van der Waals surface area contributed by atoms with Crippen molar-refractivity contribution in [3.8, 4) is 5.75 Å². The molecule has 0 aliphatic heterocycles. The van der Waals surface area contributed by atoms with Gasteiger partial charge in [-0.2, -0.15) is 0 Å². The molecule has 0 unspecified atom stereocenters. The molecule has 0 saturated carbocycles. The number of hydrogen-bond donors (Lipinski definition) is 2. The molecule has 0 aromatic heterocycles. The minimum absolute atomic E-state index is 0.0672. The van der Waals surface area contributed by atoms with Gasteiger partial charge in [0.15, 0.2) is 0 Å². The van der Waals surface area contributed by atoms with Gasteiger partial charge in [0, 0.05) is 11.4 Å². The van der Waals surface area contributed by atoms with Crippen molar-refractivity contribution in [2.75, 3.05) is 23.8 Å². The highest BCUT2D eigenvalue weighted by atomic mass is 16.5. The van der Waals surface area contributed by atoms with Gasteiger partial charge in [0.1, 0.15) is 5.75 Å². The number of nitrogens with one attached hydrogen (secondary N) is 2. The molecule has 4 heteroatoms. The molecule has 0 aliphatic carbocycles. The second-order valence-electron chi connectivity index (χ2n) is 6.98. The fourth-order valence-corrected chi connectivity index (χ4v) is 2.93. The van der Waals surface area contributed by atoms with E-state index in [1.807, 2.05) is 31.2 Å². The van der Waals surface area contributed by atoms with E-state index in [4.69, 9.17) is 4.74 Å². The molecule has 4 nitrogen and oxygen atoms in total. The van der Waals surface area contributed by atoms with Gasteiger partial charge in [0.05, 0.1) is 13.2 Å². The SMILES string of the molecule is CCOc1ccc(NC(=O)CNc2c(C(C)C)cccc2C(C)C)cc1. The summed E-state index contributed by atoms with van der Waals surface area (Å²) in [5.41, 5.74) is 4.33. The first-order valence-corrected chi connectivity index (χ1v) is 9.31. The second-order valence-corrected chi connectivity index (χ2v) is 6.98. The van der Waals surface area contributed by atoms with Crippen LogP contribution in [0.15, 0.2) is 42.5 Å². The summed E-state index contributed by atoms with van der Waals surface area (Å²) in [5.74, 6) is 1.52. The first-order chi connectivity index (χ1) is 12.4. The van der Waals surface area contributed by atoms with Crippen LogP contribution >= 0.6 is 0 Å². The largest absolute Gasteiger partial charge is 0.494 e. The molecule has 0 saturated heterocycles. The lowest BCUT2D eigenvalue weighted by atomic mass is 9.92. The lowest BCUT2D eigenvalue weighted by molar-refractivity contribution is -0.114. The maximum atomic E-state index is 12.4. The lowest BCUT2D eigenvalue weighted by Gasteiger charge is -2.20. The maximum absolute atomic E-state index is 12.4. The summed E-state index contributed by atoms with van der Waals surface area (Å²) in [6.07, 6.45) is 0. The van der Waals surface area contributed by atoms with Gasteiger partial charge in [-0.3, -0.25) is 4.79 Å². The highest BCUT2D eigenvalue weighted by molar-refractivity contribution is 5.94. The summed E-state index contributed by atoms with van der Waals surface area (Å²) in [4.78, 5) is 12.4. The quantitative estimate of drug-likeness (QED) is 0.669. The zero-order valence-corrected chi connectivity index (χ0v) is 16.4. The van der Waals surface area contributed by atoms with Crippen molar-refractivity contribution in [1.82, 2.24) is 0 Å². The van der Waals surface area contributed by atoms with Gasteiger partial charge >= 0.3 is 0 Å². The molecule has 2 aromatic carbocycles. The Morgan fingerprint density at radius 2 is 1.54 bits per heavy atom. The van der Waals surface area contributed by atoms with Gasteiger partial charge < -0.3 is 15.4 Å². The number of rotatable bonds is 8. The topological polar surface area (TPSA) is 50.4 Å². The van der Waals surface area contributed by atoms with E-state index < -0.39 is 0 Å².